The molecule has 1 aromatic carbocycles. The first-order valence-electron chi connectivity index (χ1n) is 7.59. The predicted molar refractivity (Wildman–Crippen MR) is 85.5 cm³/mol. The van der Waals surface area contributed by atoms with Crippen LogP contribution in [-0.2, 0) is 12.4 Å². The first-order chi connectivity index (χ1) is 10.2. The van der Waals surface area contributed by atoms with Gasteiger partial charge in [-0.1, -0.05) is 37.3 Å². The second-order valence-corrected chi connectivity index (χ2v) is 6.54. The minimum Gasteiger partial charge on any atom is -0.327 e. The quantitative estimate of drug-likeness (QED) is 0.659. The van der Waals surface area contributed by atoms with Crippen LogP contribution in [0.2, 0.25) is 5.02 Å². The number of hydrogen-bond donors (Lipinski definition) is 0. The topological polar surface area (TPSA) is 17.8 Å². The molecule has 3 rings (SSSR count). The SMILES string of the molecule is Fc1cc2nc(CCl)n(CCCC3CCCC3)c2cc1Cl. The van der Waals surface area contributed by atoms with Gasteiger partial charge in [0.05, 0.1) is 21.9 Å². The van der Waals surface area contributed by atoms with Crippen molar-refractivity contribution >= 4 is 34.2 Å². The molecule has 1 fully saturated rings. The molecule has 0 N–H and O–H groups in total. The fourth-order valence-corrected chi connectivity index (χ4v) is 3.72. The van der Waals surface area contributed by atoms with Crippen molar-refractivity contribution in [3.8, 4) is 0 Å². The van der Waals surface area contributed by atoms with Crippen LogP contribution in [0.25, 0.3) is 11.0 Å². The van der Waals surface area contributed by atoms with Gasteiger partial charge in [-0.15, -0.1) is 11.6 Å². The lowest BCUT2D eigenvalue weighted by atomic mass is 10.0. The zero-order chi connectivity index (χ0) is 14.8. The second-order valence-electron chi connectivity index (χ2n) is 5.86. The van der Waals surface area contributed by atoms with Crippen molar-refractivity contribution in [2.45, 2.75) is 50.9 Å². The van der Waals surface area contributed by atoms with E-state index in [1.807, 2.05) is 0 Å². The average molecular weight is 329 g/mol. The third-order valence-electron chi connectivity index (χ3n) is 4.46. The molecular formula is C16H19Cl2FN2. The van der Waals surface area contributed by atoms with Gasteiger partial charge in [0.15, 0.2) is 0 Å². The molecule has 1 aliphatic carbocycles. The fourth-order valence-electron chi connectivity index (χ4n) is 3.36. The number of halogens is 3. The Morgan fingerprint density at radius 1 is 1.29 bits per heavy atom. The van der Waals surface area contributed by atoms with Gasteiger partial charge in [0, 0.05) is 12.6 Å². The Labute approximate surface area is 134 Å². The molecule has 0 saturated heterocycles. The van der Waals surface area contributed by atoms with E-state index >= 15 is 0 Å². The van der Waals surface area contributed by atoms with Crippen molar-refractivity contribution in [1.29, 1.82) is 0 Å². The summed E-state index contributed by atoms with van der Waals surface area (Å²) in [5.74, 6) is 1.57. The Morgan fingerprint density at radius 3 is 2.76 bits per heavy atom. The van der Waals surface area contributed by atoms with Crippen LogP contribution in [0.15, 0.2) is 12.1 Å². The lowest BCUT2D eigenvalue weighted by molar-refractivity contribution is 0.459. The number of alkyl halides is 1. The Hall–Kier alpha value is -0.800. The van der Waals surface area contributed by atoms with E-state index in [4.69, 9.17) is 23.2 Å². The van der Waals surface area contributed by atoms with Gasteiger partial charge in [0.2, 0.25) is 0 Å². The molecule has 1 saturated carbocycles. The van der Waals surface area contributed by atoms with Gasteiger partial charge in [-0.3, -0.25) is 0 Å². The molecule has 0 bridgehead atoms. The molecule has 0 unspecified atom stereocenters. The fraction of sp³-hybridized carbons (Fsp3) is 0.562. The summed E-state index contributed by atoms with van der Waals surface area (Å²) in [5, 5.41) is 0.139. The minimum absolute atomic E-state index is 0.139. The molecule has 21 heavy (non-hydrogen) atoms. The molecule has 1 heterocycles. The predicted octanol–water partition coefficient (Wildman–Crippen LogP) is 5.54. The smallest absolute Gasteiger partial charge is 0.144 e. The maximum Gasteiger partial charge on any atom is 0.144 e. The van der Waals surface area contributed by atoms with E-state index in [-0.39, 0.29) is 5.02 Å². The number of rotatable bonds is 5. The van der Waals surface area contributed by atoms with Crippen LogP contribution in [0.3, 0.4) is 0 Å². The van der Waals surface area contributed by atoms with Gasteiger partial charge in [-0.2, -0.15) is 0 Å². The summed E-state index contributed by atoms with van der Waals surface area (Å²) in [6, 6.07) is 3.05. The maximum atomic E-state index is 13.5. The number of fused-ring (bicyclic) bond motifs is 1. The summed E-state index contributed by atoms with van der Waals surface area (Å²) in [6.07, 6.45) is 7.83. The van der Waals surface area contributed by atoms with E-state index in [9.17, 15) is 4.39 Å². The van der Waals surface area contributed by atoms with Crippen molar-refractivity contribution in [1.82, 2.24) is 9.55 Å². The summed E-state index contributed by atoms with van der Waals surface area (Å²) in [7, 11) is 0. The first-order valence-corrected chi connectivity index (χ1v) is 8.50. The molecule has 1 aliphatic rings. The van der Waals surface area contributed by atoms with Crippen molar-refractivity contribution in [2.24, 2.45) is 5.92 Å². The van der Waals surface area contributed by atoms with Crippen molar-refractivity contribution in [3.05, 3.63) is 28.8 Å². The molecule has 0 spiro atoms. The van der Waals surface area contributed by atoms with Crippen LogP contribution in [0.4, 0.5) is 4.39 Å². The molecule has 1 aromatic heterocycles. The minimum atomic E-state index is -0.430. The zero-order valence-electron chi connectivity index (χ0n) is 11.9. The molecule has 0 atom stereocenters. The Balaban J connectivity index is 1.80. The van der Waals surface area contributed by atoms with E-state index < -0.39 is 5.82 Å². The van der Waals surface area contributed by atoms with E-state index in [0.29, 0.717) is 11.4 Å². The highest BCUT2D eigenvalue weighted by Crippen LogP contribution is 2.30. The summed E-state index contributed by atoms with van der Waals surface area (Å²) >= 11 is 11.9. The second kappa shape index (κ2) is 6.53. The first kappa shape index (κ1) is 15.1. The largest absolute Gasteiger partial charge is 0.327 e. The molecule has 0 radical (unpaired) electrons. The number of aromatic nitrogens is 2. The van der Waals surface area contributed by atoms with Crippen LogP contribution in [0.1, 0.15) is 44.3 Å². The molecule has 5 heteroatoms. The van der Waals surface area contributed by atoms with Crippen LogP contribution in [0.5, 0.6) is 0 Å². The van der Waals surface area contributed by atoms with Crippen LogP contribution < -0.4 is 0 Å². The number of aryl methyl sites for hydroxylation is 1. The van der Waals surface area contributed by atoms with Crippen molar-refractivity contribution in [3.63, 3.8) is 0 Å². The maximum absolute atomic E-state index is 13.5. The van der Waals surface area contributed by atoms with Crippen LogP contribution >= 0.6 is 23.2 Å². The number of hydrogen-bond acceptors (Lipinski definition) is 1. The van der Waals surface area contributed by atoms with Gasteiger partial charge < -0.3 is 4.57 Å². The highest BCUT2D eigenvalue weighted by atomic mass is 35.5. The van der Waals surface area contributed by atoms with Gasteiger partial charge in [-0.25, -0.2) is 9.37 Å². The third kappa shape index (κ3) is 3.19. The third-order valence-corrected chi connectivity index (χ3v) is 4.99. The Bertz CT molecular complexity index is 633. The van der Waals surface area contributed by atoms with Gasteiger partial charge in [0.25, 0.3) is 0 Å². The van der Waals surface area contributed by atoms with Gasteiger partial charge in [0.1, 0.15) is 11.6 Å². The summed E-state index contributed by atoms with van der Waals surface area (Å²) in [4.78, 5) is 4.42. The molecule has 2 aromatic rings. The standard InChI is InChI=1S/C16H19Cl2FN2/c17-10-16-20-14-9-13(19)12(18)8-15(14)21(16)7-3-6-11-4-1-2-5-11/h8-9,11H,1-7,10H2. The van der Waals surface area contributed by atoms with Crippen LogP contribution in [0, 0.1) is 11.7 Å². The summed E-state index contributed by atoms with van der Waals surface area (Å²) < 4.78 is 15.6. The molecule has 0 amide bonds. The van der Waals surface area contributed by atoms with E-state index in [1.54, 1.807) is 6.07 Å². The Kier molecular flexibility index (Phi) is 4.70. The lowest BCUT2D eigenvalue weighted by Gasteiger charge is -2.11. The monoisotopic (exact) mass is 328 g/mol. The lowest BCUT2D eigenvalue weighted by Crippen LogP contribution is -2.04. The van der Waals surface area contributed by atoms with Crippen LogP contribution in [-0.4, -0.2) is 9.55 Å². The van der Waals surface area contributed by atoms with E-state index in [0.717, 1.165) is 30.2 Å². The molecular weight excluding hydrogens is 310 g/mol. The summed E-state index contributed by atoms with van der Waals surface area (Å²) in [5.41, 5.74) is 1.51. The molecule has 2 nitrogen and oxygen atoms in total. The highest BCUT2D eigenvalue weighted by Gasteiger charge is 2.16. The number of imidazole rings is 1. The van der Waals surface area contributed by atoms with Crippen molar-refractivity contribution in [2.75, 3.05) is 0 Å². The normalized spacial score (nSPS) is 16.1. The molecule has 0 aliphatic heterocycles. The van der Waals surface area contributed by atoms with Gasteiger partial charge in [-0.05, 0) is 24.8 Å². The highest BCUT2D eigenvalue weighted by molar-refractivity contribution is 6.31. The zero-order valence-corrected chi connectivity index (χ0v) is 13.4. The van der Waals surface area contributed by atoms with Crippen molar-refractivity contribution < 1.29 is 4.39 Å². The summed E-state index contributed by atoms with van der Waals surface area (Å²) in [6.45, 7) is 0.872. The Morgan fingerprint density at radius 2 is 2.05 bits per heavy atom. The molecule has 114 valence electrons. The van der Waals surface area contributed by atoms with Gasteiger partial charge >= 0.3 is 0 Å². The van der Waals surface area contributed by atoms with E-state index in [1.165, 1.54) is 38.2 Å². The number of benzene rings is 1. The average Bonchev–Trinajstić information content (AvgIpc) is 3.08. The number of nitrogens with zero attached hydrogens (tertiary/aromatic N) is 2. The van der Waals surface area contributed by atoms with E-state index in [2.05, 4.69) is 9.55 Å².